The van der Waals surface area contributed by atoms with E-state index in [0.29, 0.717) is 32.0 Å². The molecule has 2 heterocycles. The molecule has 0 saturated carbocycles. The first-order valence-electron chi connectivity index (χ1n) is 10.9. The fourth-order valence-electron chi connectivity index (χ4n) is 4.23. The first-order chi connectivity index (χ1) is 15.1. The van der Waals surface area contributed by atoms with Crippen LogP contribution in [0.1, 0.15) is 31.3 Å². The molecule has 2 aromatic heterocycles. The van der Waals surface area contributed by atoms with Crippen molar-refractivity contribution in [2.45, 2.75) is 39.3 Å². The van der Waals surface area contributed by atoms with Crippen molar-refractivity contribution in [1.29, 1.82) is 0 Å². The minimum atomic E-state index is 0.0295. The number of nitrogens with zero attached hydrogens (tertiary/aromatic N) is 3. The first-order valence-corrected chi connectivity index (χ1v) is 10.9. The molecule has 2 aromatic carbocycles. The topological polar surface area (TPSA) is 61.1 Å². The third-order valence-corrected chi connectivity index (χ3v) is 5.61. The zero-order valence-electron chi connectivity index (χ0n) is 18.5. The fourth-order valence-corrected chi connectivity index (χ4v) is 4.23. The molecule has 4 rings (SSSR count). The van der Waals surface area contributed by atoms with Gasteiger partial charge in [0.05, 0.1) is 24.1 Å². The van der Waals surface area contributed by atoms with Crippen LogP contribution in [-0.4, -0.2) is 40.3 Å². The van der Waals surface area contributed by atoms with Gasteiger partial charge in [-0.25, -0.2) is 4.98 Å². The summed E-state index contributed by atoms with van der Waals surface area (Å²) < 4.78 is 9.63. The highest BCUT2D eigenvalue weighted by Gasteiger charge is 2.14. The van der Waals surface area contributed by atoms with Gasteiger partial charge in [-0.1, -0.05) is 30.3 Å². The second kappa shape index (κ2) is 9.35. The summed E-state index contributed by atoms with van der Waals surface area (Å²) in [5, 5.41) is 4.20. The van der Waals surface area contributed by atoms with E-state index in [4.69, 9.17) is 9.72 Å². The molecule has 31 heavy (non-hydrogen) atoms. The lowest BCUT2D eigenvalue weighted by Gasteiger charge is -2.13. The van der Waals surface area contributed by atoms with Crippen molar-refractivity contribution in [3.05, 3.63) is 66.1 Å². The minimum absolute atomic E-state index is 0.0295. The molecule has 0 aliphatic rings. The molecule has 0 spiro atoms. The maximum absolute atomic E-state index is 12.7. The van der Waals surface area contributed by atoms with Gasteiger partial charge in [-0.3, -0.25) is 4.79 Å². The number of nitrogens with one attached hydrogen (secondary N) is 1. The Hall–Kier alpha value is -3.12. The first kappa shape index (κ1) is 21.1. The van der Waals surface area contributed by atoms with E-state index in [1.54, 1.807) is 7.11 Å². The van der Waals surface area contributed by atoms with Crippen molar-refractivity contribution < 1.29 is 9.53 Å². The molecule has 6 nitrogen and oxygen atoms in total. The summed E-state index contributed by atoms with van der Waals surface area (Å²) in [7, 11) is 1.70. The van der Waals surface area contributed by atoms with Crippen molar-refractivity contribution in [3.8, 4) is 0 Å². The maximum atomic E-state index is 12.7. The minimum Gasteiger partial charge on any atom is -0.383 e. The van der Waals surface area contributed by atoms with Gasteiger partial charge in [-0.05, 0) is 37.6 Å². The number of aromatic nitrogens is 3. The summed E-state index contributed by atoms with van der Waals surface area (Å²) >= 11 is 0. The molecule has 0 saturated heterocycles. The molecule has 4 aromatic rings. The zero-order chi connectivity index (χ0) is 21.8. The number of fused-ring (bicyclic) bond motifs is 2. The van der Waals surface area contributed by atoms with Gasteiger partial charge in [-0.15, -0.1) is 0 Å². The molecule has 0 aliphatic heterocycles. The van der Waals surface area contributed by atoms with Crippen molar-refractivity contribution in [2.24, 2.45) is 0 Å². The van der Waals surface area contributed by atoms with E-state index in [1.165, 1.54) is 0 Å². The number of imidazole rings is 1. The van der Waals surface area contributed by atoms with E-state index in [2.05, 4.69) is 52.7 Å². The molecule has 162 valence electrons. The summed E-state index contributed by atoms with van der Waals surface area (Å²) in [4.78, 5) is 17.5. The Bertz CT molecular complexity index is 1190. The van der Waals surface area contributed by atoms with Gasteiger partial charge in [0.2, 0.25) is 5.91 Å². The van der Waals surface area contributed by atoms with Gasteiger partial charge in [-0.2, -0.15) is 0 Å². The van der Waals surface area contributed by atoms with E-state index in [-0.39, 0.29) is 5.91 Å². The highest BCUT2D eigenvalue weighted by atomic mass is 16.5. The standard InChI is InChI=1S/C25H30N4O2/c1-18(2)29-23-11-7-5-9-21(23)27-24(29)12-13-26-25(30)16-19-17-28(14-15-31-3)22-10-6-4-8-20(19)22/h4-11,17-18H,12-16H2,1-3H3,(H,26,30). The zero-order valence-corrected chi connectivity index (χ0v) is 18.5. The Balaban J connectivity index is 1.43. The molecule has 0 atom stereocenters. The van der Waals surface area contributed by atoms with E-state index in [9.17, 15) is 4.79 Å². The van der Waals surface area contributed by atoms with E-state index >= 15 is 0 Å². The van der Waals surface area contributed by atoms with Gasteiger partial charge < -0.3 is 19.2 Å². The molecule has 6 heteroatoms. The third kappa shape index (κ3) is 4.49. The number of para-hydroxylation sites is 3. The van der Waals surface area contributed by atoms with E-state index in [0.717, 1.165) is 39.9 Å². The average Bonchev–Trinajstić information content (AvgIpc) is 3.30. The van der Waals surface area contributed by atoms with E-state index in [1.807, 2.05) is 30.3 Å². The number of ether oxygens (including phenoxy) is 1. The van der Waals surface area contributed by atoms with Crippen LogP contribution in [-0.2, 0) is 28.9 Å². The molecular formula is C25H30N4O2. The van der Waals surface area contributed by atoms with Crippen molar-refractivity contribution >= 4 is 27.8 Å². The number of rotatable bonds is 9. The lowest BCUT2D eigenvalue weighted by molar-refractivity contribution is -0.120. The number of carbonyl (C=O) groups is 1. The van der Waals surface area contributed by atoms with Crippen LogP contribution in [0, 0.1) is 0 Å². The van der Waals surface area contributed by atoms with Gasteiger partial charge in [0.25, 0.3) is 0 Å². The summed E-state index contributed by atoms with van der Waals surface area (Å²) in [5.74, 6) is 1.04. The molecule has 0 unspecified atom stereocenters. The Morgan fingerprint density at radius 2 is 1.84 bits per heavy atom. The predicted molar refractivity (Wildman–Crippen MR) is 124 cm³/mol. The number of amides is 1. The van der Waals surface area contributed by atoms with Gasteiger partial charge >= 0.3 is 0 Å². The molecule has 0 radical (unpaired) electrons. The summed E-state index contributed by atoms with van der Waals surface area (Å²) in [5.41, 5.74) is 4.32. The second-order valence-electron chi connectivity index (χ2n) is 8.11. The molecule has 0 aliphatic carbocycles. The molecule has 0 bridgehead atoms. The van der Waals surface area contributed by atoms with Gasteiger partial charge in [0, 0.05) is 49.8 Å². The predicted octanol–water partition coefficient (Wildman–Crippen LogP) is 4.12. The summed E-state index contributed by atoms with van der Waals surface area (Å²) in [6.45, 7) is 6.30. The van der Waals surface area contributed by atoms with Crippen LogP contribution in [0.5, 0.6) is 0 Å². The Morgan fingerprint density at radius 1 is 1.10 bits per heavy atom. The van der Waals surface area contributed by atoms with Crippen LogP contribution in [0.4, 0.5) is 0 Å². The molecule has 0 fully saturated rings. The molecular weight excluding hydrogens is 388 g/mol. The van der Waals surface area contributed by atoms with Crippen LogP contribution in [0.25, 0.3) is 21.9 Å². The van der Waals surface area contributed by atoms with Crippen molar-refractivity contribution in [1.82, 2.24) is 19.4 Å². The van der Waals surface area contributed by atoms with E-state index < -0.39 is 0 Å². The number of hydrogen-bond acceptors (Lipinski definition) is 3. The smallest absolute Gasteiger partial charge is 0.224 e. The highest BCUT2D eigenvalue weighted by Crippen LogP contribution is 2.23. The van der Waals surface area contributed by atoms with Crippen molar-refractivity contribution in [3.63, 3.8) is 0 Å². The Morgan fingerprint density at radius 3 is 2.61 bits per heavy atom. The van der Waals surface area contributed by atoms with Gasteiger partial charge in [0.1, 0.15) is 5.82 Å². The Labute approximate surface area is 182 Å². The van der Waals surface area contributed by atoms with Gasteiger partial charge in [0.15, 0.2) is 0 Å². The third-order valence-electron chi connectivity index (χ3n) is 5.61. The molecule has 1 amide bonds. The monoisotopic (exact) mass is 418 g/mol. The van der Waals surface area contributed by atoms with Crippen LogP contribution < -0.4 is 5.32 Å². The van der Waals surface area contributed by atoms with Crippen LogP contribution >= 0.6 is 0 Å². The number of hydrogen-bond donors (Lipinski definition) is 1. The lowest BCUT2D eigenvalue weighted by atomic mass is 10.1. The lowest BCUT2D eigenvalue weighted by Crippen LogP contribution is -2.28. The summed E-state index contributed by atoms with van der Waals surface area (Å²) in [6.07, 6.45) is 3.14. The van der Waals surface area contributed by atoms with Crippen LogP contribution in [0.3, 0.4) is 0 Å². The number of methoxy groups -OCH3 is 1. The fraction of sp³-hybridized carbons (Fsp3) is 0.360. The largest absolute Gasteiger partial charge is 0.383 e. The Kier molecular flexibility index (Phi) is 6.37. The summed E-state index contributed by atoms with van der Waals surface area (Å²) in [6, 6.07) is 16.7. The second-order valence-corrected chi connectivity index (χ2v) is 8.11. The number of carbonyl (C=O) groups excluding carboxylic acids is 1. The normalized spacial score (nSPS) is 11.6. The van der Waals surface area contributed by atoms with Crippen LogP contribution in [0.2, 0.25) is 0 Å². The van der Waals surface area contributed by atoms with Crippen molar-refractivity contribution in [2.75, 3.05) is 20.3 Å². The quantitative estimate of drug-likeness (QED) is 0.445. The molecule has 1 N–H and O–H groups in total. The maximum Gasteiger partial charge on any atom is 0.224 e. The highest BCUT2D eigenvalue weighted by molar-refractivity contribution is 5.89. The average molecular weight is 419 g/mol. The van der Waals surface area contributed by atoms with Crippen LogP contribution in [0.15, 0.2) is 54.7 Å². The number of benzene rings is 2. The SMILES string of the molecule is COCCn1cc(CC(=O)NCCc2nc3ccccc3n2C(C)C)c2ccccc21.